The summed E-state index contributed by atoms with van der Waals surface area (Å²) < 4.78 is 5.54. The van der Waals surface area contributed by atoms with Crippen LogP contribution in [0.1, 0.15) is 25.3 Å². The Morgan fingerprint density at radius 1 is 1.43 bits per heavy atom. The van der Waals surface area contributed by atoms with Crippen molar-refractivity contribution < 1.29 is 14.5 Å². The maximum absolute atomic E-state index is 12.4. The molecule has 0 atom stereocenters. The van der Waals surface area contributed by atoms with E-state index in [1.807, 2.05) is 4.90 Å². The summed E-state index contributed by atoms with van der Waals surface area (Å²) in [6.07, 6.45) is 2.02. The molecule has 1 aliphatic heterocycles. The number of likely N-dealkylation sites (tertiary alicyclic amines) is 1. The lowest BCUT2D eigenvalue weighted by molar-refractivity contribution is -0.384. The molecule has 0 aromatic heterocycles. The second kappa shape index (κ2) is 7.45. The standard InChI is InChI=1S/C15H18BrN3O4/c1-2-23-15(20)13(14(17)18-7-3-4-8-18)11-6-5-10(19(21)22)9-12(11)16/h5-6,9H,2-4,7-8,17H2,1H3/b14-13-. The van der Waals surface area contributed by atoms with Crippen LogP contribution in [-0.4, -0.2) is 35.5 Å². The molecule has 0 aliphatic carbocycles. The second-order valence-corrected chi connectivity index (χ2v) is 5.95. The van der Waals surface area contributed by atoms with Gasteiger partial charge in [-0.2, -0.15) is 0 Å². The summed E-state index contributed by atoms with van der Waals surface area (Å²) in [7, 11) is 0. The lowest BCUT2D eigenvalue weighted by Crippen LogP contribution is -2.28. The number of hydrogen-bond acceptors (Lipinski definition) is 6. The average Bonchev–Trinajstić information content (AvgIpc) is 3.03. The van der Waals surface area contributed by atoms with E-state index in [0.717, 1.165) is 25.9 Å². The number of hydrogen-bond donors (Lipinski definition) is 1. The molecule has 1 saturated heterocycles. The number of carbonyl (C=O) groups excluding carboxylic acids is 1. The molecule has 1 heterocycles. The molecule has 1 aromatic rings. The normalized spacial score (nSPS) is 15.3. The molecule has 2 N–H and O–H groups in total. The van der Waals surface area contributed by atoms with Gasteiger partial charge in [-0.05, 0) is 41.8 Å². The minimum absolute atomic E-state index is 0.0661. The number of nitro benzene ring substituents is 1. The summed E-state index contributed by atoms with van der Waals surface area (Å²) in [6.45, 7) is 3.49. The molecule has 23 heavy (non-hydrogen) atoms. The summed E-state index contributed by atoms with van der Waals surface area (Å²) >= 11 is 3.29. The maximum atomic E-state index is 12.4. The first kappa shape index (κ1) is 17.3. The van der Waals surface area contributed by atoms with E-state index in [9.17, 15) is 14.9 Å². The van der Waals surface area contributed by atoms with Gasteiger partial charge in [0, 0.05) is 35.3 Å². The van der Waals surface area contributed by atoms with Gasteiger partial charge in [0.05, 0.1) is 11.5 Å². The van der Waals surface area contributed by atoms with Gasteiger partial charge >= 0.3 is 5.97 Å². The Kier molecular flexibility index (Phi) is 5.59. The van der Waals surface area contributed by atoms with Crippen LogP contribution in [0.4, 0.5) is 5.69 Å². The van der Waals surface area contributed by atoms with E-state index < -0.39 is 10.9 Å². The Hall–Kier alpha value is -2.09. The van der Waals surface area contributed by atoms with Gasteiger partial charge in [0.2, 0.25) is 0 Å². The van der Waals surface area contributed by atoms with Crippen LogP contribution >= 0.6 is 15.9 Å². The van der Waals surface area contributed by atoms with Crippen molar-refractivity contribution in [3.63, 3.8) is 0 Å². The molecule has 0 amide bonds. The number of rotatable bonds is 5. The topological polar surface area (TPSA) is 98.7 Å². The lowest BCUT2D eigenvalue weighted by Gasteiger charge is -2.21. The van der Waals surface area contributed by atoms with E-state index in [1.54, 1.807) is 6.92 Å². The minimum atomic E-state index is -0.536. The van der Waals surface area contributed by atoms with Crippen molar-refractivity contribution in [2.75, 3.05) is 19.7 Å². The molecule has 0 unspecified atom stereocenters. The van der Waals surface area contributed by atoms with Gasteiger partial charge in [-0.15, -0.1) is 0 Å². The molecule has 2 rings (SSSR count). The number of carbonyl (C=O) groups is 1. The summed E-state index contributed by atoms with van der Waals surface area (Å²) in [6, 6.07) is 4.21. The number of benzene rings is 1. The van der Waals surface area contributed by atoms with Crippen molar-refractivity contribution in [3.05, 3.63) is 44.2 Å². The lowest BCUT2D eigenvalue weighted by atomic mass is 10.0. The number of nitrogens with two attached hydrogens (primary N) is 1. The van der Waals surface area contributed by atoms with Gasteiger partial charge in [-0.1, -0.05) is 0 Å². The SMILES string of the molecule is CCOC(=O)/C(=C(/N)N1CCCC1)c1ccc([N+](=O)[O-])cc1Br. The summed E-state index contributed by atoms with van der Waals surface area (Å²) in [5.74, 6) is -0.193. The zero-order valence-electron chi connectivity index (χ0n) is 12.8. The third kappa shape index (κ3) is 3.82. The molecular formula is C15H18BrN3O4. The fourth-order valence-corrected chi connectivity index (χ4v) is 3.06. The van der Waals surface area contributed by atoms with Crippen molar-refractivity contribution >= 4 is 33.2 Å². The molecular weight excluding hydrogens is 366 g/mol. The van der Waals surface area contributed by atoms with E-state index >= 15 is 0 Å². The highest BCUT2D eigenvalue weighted by Crippen LogP contribution is 2.31. The highest BCUT2D eigenvalue weighted by atomic mass is 79.9. The number of esters is 1. The first-order valence-corrected chi connectivity index (χ1v) is 8.11. The highest BCUT2D eigenvalue weighted by Gasteiger charge is 2.25. The molecule has 0 radical (unpaired) electrons. The fraction of sp³-hybridized carbons (Fsp3) is 0.400. The van der Waals surface area contributed by atoms with E-state index in [4.69, 9.17) is 10.5 Å². The molecule has 124 valence electrons. The van der Waals surface area contributed by atoms with Crippen LogP contribution in [-0.2, 0) is 9.53 Å². The summed E-state index contributed by atoms with van der Waals surface area (Å²) in [5, 5.41) is 10.9. The van der Waals surface area contributed by atoms with Crippen molar-refractivity contribution in [2.24, 2.45) is 5.73 Å². The monoisotopic (exact) mass is 383 g/mol. The minimum Gasteiger partial charge on any atom is -0.462 e. The van der Waals surface area contributed by atoms with Gasteiger partial charge in [0.25, 0.3) is 5.69 Å². The molecule has 1 aromatic carbocycles. The van der Waals surface area contributed by atoms with E-state index in [-0.39, 0.29) is 17.9 Å². The third-order valence-corrected chi connectivity index (χ3v) is 4.27. The summed E-state index contributed by atoms with van der Waals surface area (Å²) in [5.41, 5.74) is 6.85. The molecule has 0 spiro atoms. The maximum Gasteiger partial charge on any atom is 0.342 e. The summed E-state index contributed by atoms with van der Waals surface area (Å²) in [4.78, 5) is 24.7. The van der Waals surface area contributed by atoms with Gasteiger partial charge in [-0.25, -0.2) is 4.79 Å². The van der Waals surface area contributed by atoms with Crippen LogP contribution in [0.15, 0.2) is 28.5 Å². The molecule has 0 saturated carbocycles. The average molecular weight is 384 g/mol. The van der Waals surface area contributed by atoms with Crippen molar-refractivity contribution in [1.29, 1.82) is 0 Å². The van der Waals surface area contributed by atoms with Gasteiger partial charge < -0.3 is 15.4 Å². The number of nitro groups is 1. The van der Waals surface area contributed by atoms with Crippen LogP contribution in [0.3, 0.4) is 0 Å². The quantitative estimate of drug-likeness (QED) is 0.363. The van der Waals surface area contributed by atoms with Gasteiger partial charge in [-0.3, -0.25) is 10.1 Å². The third-order valence-electron chi connectivity index (χ3n) is 3.62. The van der Waals surface area contributed by atoms with Crippen LogP contribution in [0.25, 0.3) is 5.57 Å². The molecule has 1 fully saturated rings. The van der Waals surface area contributed by atoms with Crippen molar-refractivity contribution in [1.82, 2.24) is 4.90 Å². The van der Waals surface area contributed by atoms with Crippen LogP contribution in [0.5, 0.6) is 0 Å². The molecule has 8 heteroatoms. The number of non-ortho nitro benzene ring substituents is 1. The number of ether oxygens (including phenoxy) is 1. The van der Waals surface area contributed by atoms with Crippen LogP contribution in [0, 0.1) is 10.1 Å². The predicted octanol–water partition coefficient (Wildman–Crippen LogP) is 2.64. The Morgan fingerprint density at radius 2 is 2.09 bits per heavy atom. The Morgan fingerprint density at radius 3 is 2.61 bits per heavy atom. The molecule has 7 nitrogen and oxygen atoms in total. The van der Waals surface area contributed by atoms with E-state index in [0.29, 0.717) is 15.9 Å². The van der Waals surface area contributed by atoms with Crippen molar-refractivity contribution in [2.45, 2.75) is 19.8 Å². The second-order valence-electron chi connectivity index (χ2n) is 5.10. The van der Waals surface area contributed by atoms with Gasteiger partial charge in [0.1, 0.15) is 11.4 Å². The zero-order chi connectivity index (χ0) is 17.0. The van der Waals surface area contributed by atoms with Crippen molar-refractivity contribution in [3.8, 4) is 0 Å². The Labute approximate surface area is 142 Å². The first-order chi connectivity index (χ1) is 11.0. The highest BCUT2D eigenvalue weighted by molar-refractivity contribution is 9.10. The zero-order valence-corrected chi connectivity index (χ0v) is 14.3. The Bertz CT molecular complexity index is 654. The predicted molar refractivity (Wildman–Crippen MR) is 89.3 cm³/mol. The van der Waals surface area contributed by atoms with E-state index in [2.05, 4.69) is 15.9 Å². The smallest absolute Gasteiger partial charge is 0.342 e. The first-order valence-electron chi connectivity index (χ1n) is 7.31. The molecule has 0 bridgehead atoms. The fourth-order valence-electron chi connectivity index (χ4n) is 2.49. The van der Waals surface area contributed by atoms with Gasteiger partial charge in [0.15, 0.2) is 0 Å². The molecule has 1 aliphatic rings. The Balaban J connectivity index is 2.51. The largest absolute Gasteiger partial charge is 0.462 e. The number of halogens is 1. The van der Waals surface area contributed by atoms with Crippen LogP contribution in [0.2, 0.25) is 0 Å². The number of nitrogens with zero attached hydrogens (tertiary/aromatic N) is 2. The van der Waals surface area contributed by atoms with E-state index in [1.165, 1.54) is 18.2 Å². The van der Waals surface area contributed by atoms with Crippen LogP contribution < -0.4 is 5.73 Å².